The van der Waals surface area contributed by atoms with Gasteiger partial charge in [-0.1, -0.05) is 18.5 Å². The number of sulfonamides is 1. The molecule has 0 aliphatic carbocycles. The van der Waals surface area contributed by atoms with Crippen molar-refractivity contribution in [2.75, 3.05) is 4.72 Å². The van der Waals surface area contributed by atoms with E-state index < -0.39 is 10.0 Å². The van der Waals surface area contributed by atoms with Crippen molar-refractivity contribution in [1.29, 1.82) is 0 Å². The van der Waals surface area contributed by atoms with Gasteiger partial charge in [0.1, 0.15) is 10.0 Å². The number of anilines is 1. The van der Waals surface area contributed by atoms with E-state index in [0.717, 1.165) is 17.0 Å². The molecule has 2 aromatic rings. The first kappa shape index (κ1) is 14.2. The number of nitrogens with one attached hydrogen (secondary N) is 1. The van der Waals surface area contributed by atoms with Crippen molar-refractivity contribution < 1.29 is 8.42 Å². The molecule has 0 unspecified atom stereocenters. The SMILES string of the molecule is CCc1nc(NS(=O)(=O)c2ccc(Cl)nc2)sc1C. The topological polar surface area (TPSA) is 72.0 Å². The van der Waals surface area contributed by atoms with E-state index in [4.69, 9.17) is 11.6 Å². The van der Waals surface area contributed by atoms with Crippen molar-refractivity contribution >= 4 is 38.1 Å². The number of hydrogen-bond acceptors (Lipinski definition) is 5. The summed E-state index contributed by atoms with van der Waals surface area (Å²) < 4.78 is 26.6. The first-order chi connectivity index (χ1) is 8.92. The molecule has 8 heteroatoms. The molecule has 19 heavy (non-hydrogen) atoms. The van der Waals surface area contributed by atoms with E-state index in [1.54, 1.807) is 0 Å². The van der Waals surface area contributed by atoms with Gasteiger partial charge in [0.2, 0.25) is 0 Å². The van der Waals surface area contributed by atoms with Crippen LogP contribution >= 0.6 is 22.9 Å². The molecule has 5 nitrogen and oxygen atoms in total. The van der Waals surface area contributed by atoms with Crippen LogP contribution in [0.3, 0.4) is 0 Å². The van der Waals surface area contributed by atoms with Gasteiger partial charge < -0.3 is 0 Å². The zero-order valence-electron chi connectivity index (χ0n) is 10.3. The number of rotatable bonds is 4. The Hall–Kier alpha value is -1.18. The van der Waals surface area contributed by atoms with Gasteiger partial charge in [0, 0.05) is 11.1 Å². The van der Waals surface area contributed by atoms with Crippen LogP contribution in [0.25, 0.3) is 0 Å². The Balaban J connectivity index is 2.28. The van der Waals surface area contributed by atoms with Crippen LogP contribution in [0.2, 0.25) is 5.15 Å². The molecular formula is C11H12ClN3O2S2. The normalized spacial score (nSPS) is 11.5. The molecule has 0 radical (unpaired) electrons. The minimum atomic E-state index is -3.66. The predicted molar refractivity (Wildman–Crippen MR) is 76.3 cm³/mol. The fraction of sp³-hybridized carbons (Fsp3) is 0.273. The number of nitrogens with zero attached hydrogens (tertiary/aromatic N) is 2. The number of hydrogen-bond donors (Lipinski definition) is 1. The molecule has 0 spiro atoms. The van der Waals surface area contributed by atoms with Crippen molar-refractivity contribution in [3.63, 3.8) is 0 Å². The Kier molecular flexibility index (Phi) is 4.07. The van der Waals surface area contributed by atoms with Crippen LogP contribution in [0, 0.1) is 6.92 Å². The molecule has 2 heterocycles. The van der Waals surface area contributed by atoms with Gasteiger partial charge in [-0.15, -0.1) is 11.3 Å². The second-order valence-electron chi connectivity index (χ2n) is 3.80. The van der Waals surface area contributed by atoms with Crippen molar-refractivity contribution in [2.24, 2.45) is 0 Å². The summed E-state index contributed by atoms with van der Waals surface area (Å²) in [6.45, 7) is 3.89. The number of thiazole rings is 1. The number of halogens is 1. The lowest BCUT2D eigenvalue weighted by Crippen LogP contribution is -2.13. The maximum absolute atomic E-state index is 12.1. The summed E-state index contributed by atoms with van der Waals surface area (Å²) in [4.78, 5) is 9.06. The molecule has 0 aliphatic heterocycles. The zero-order valence-corrected chi connectivity index (χ0v) is 12.7. The molecule has 2 rings (SSSR count). The standard InChI is InChI=1S/C11H12ClN3O2S2/c1-3-9-7(2)18-11(14-9)15-19(16,17)8-4-5-10(12)13-6-8/h4-6H,3H2,1-2H3,(H,14,15). The molecule has 0 fully saturated rings. The highest BCUT2D eigenvalue weighted by Gasteiger charge is 2.17. The zero-order chi connectivity index (χ0) is 14.0. The van der Waals surface area contributed by atoms with Crippen LogP contribution < -0.4 is 4.72 Å². The lowest BCUT2D eigenvalue weighted by molar-refractivity contribution is 0.601. The number of pyridine rings is 1. The Labute approximate surface area is 120 Å². The van der Waals surface area contributed by atoms with Gasteiger partial charge in [-0.25, -0.2) is 18.4 Å². The molecule has 1 N–H and O–H groups in total. The highest BCUT2D eigenvalue weighted by Crippen LogP contribution is 2.25. The van der Waals surface area contributed by atoms with E-state index >= 15 is 0 Å². The summed E-state index contributed by atoms with van der Waals surface area (Å²) in [6.07, 6.45) is 1.98. The second-order valence-corrected chi connectivity index (χ2v) is 7.07. The third-order valence-electron chi connectivity index (χ3n) is 2.46. The maximum atomic E-state index is 12.1. The highest BCUT2D eigenvalue weighted by molar-refractivity contribution is 7.93. The lowest BCUT2D eigenvalue weighted by atomic mass is 10.3. The van der Waals surface area contributed by atoms with Gasteiger partial charge in [-0.2, -0.15) is 0 Å². The van der Waals surface area contributed by atoms with E-state index in [2.05, 4.69) is 14.7 Å². The summed E-state index contributed by atoms with van der Waals surface area (Å²) in [6, 6.07) is 2.83. The first-order valence-corrected chi connectivity index (χ1v) is 8.21. The van der Waals surface area contributed by atoms with Crippen molar-refractivity contribution in [2.45, 2.75) is 25.2 Å². The van der Waals surface area contributed by atoms with Crippen molar-refractivity contribution in [3.05, 3.63) is 34.1 Å². The fourth-order valence-electron chi connectivity index (χ4n) is 1.49. The largest absolute Gasteiger partial charge is 0.265 e. The van der Waals surface area contributed by atoms with Gasteiger partial charge >= 0.3 is 0 Å². The summed E-state index contributed by atoms with van der Waals surface area (Å²) >= 11 is 6.94. The molecule has 0 atom stereocenters. The van der Waals surface area contributed by atoms with E-state index in [-0.39, 0.29) is 10.0 Å². The third-order valence-corrected chi connectivity index (χ3v) is 5.07. The smallest absolute Gasteiger partial charge is 0.255 e. The van der Waals surface area contributed by atoms with Crippen molar-refractivity contribution in [3.8, 4) is 0 Å². The Bertz CT molecular complexity index is 680. The molecular weight excluding hydrogens is 306 g/mol. The van der Waals surface area contributed by atoms with Crippen LogP contribution in [0.15, 0.2) is 23.2 Å². The fourth-order valence-corrected chi connectivity index (χ4v) is 3.69. The Morgan fingerprint density at radius 3 is 2.68 bits per heavy atom. The molecule has 0 saturated heterocycles. The van der Waals surface area contributed by atoms with Crippen LogP contribution in [0.5, 0.6) is 0 Å². The first-order valence-electron chi connectivity index (χ1n) is 5.53. The molecule has 102 valence electrons. The third kappa shape index (κ3) is 3.23. The summed E-state index contributed by atoms with van der Waals surface area (Å²) in [5.41, 5.74) is 0.900. The van der Waals surface area contributed by atoms with Crippen LogP contribution in [-0.2, 0) is 16.4 Å². The molecule has 0 aliphatic rings. The average Bonchev–Trinajstić information content (AvgIpc) is 2.69. The summed E-state index contributed by atoms with van der Waals surface area (Å²) in [5.74, 6) is 0. The van der Waals surface area contributed by atoms with E-state index in [1.165, 1.54) is 29.7 Å². The van der Waals surface area contributed by atoms with Crippen molar-refractivity contribution in [1.82, 2.24) is 9.97 Å². The summed E-state index contributed by atoms with van der Waals surface area (Å²) in [7, 11) is -3.66. The Morgan fingerprint density at radius 2 is 2.16 bits per heavy atom. The molecule has 0 amide bonds. The van der Waals surface area contributed by atoms with Gasteiger partial charge in [0.15, 0.2) is 5.13 Å². The number of aryl methyl sites for hydroxylation is 2. The minimum Gasteiger partial charge on any atom is -0.255 e. The maximum Gasteiger partial charge on any atom is 0.265 e. The van der Waals surface area contributed by atoms with Gasteiger partial charge in [0.05, 0.1) is 5.69 Å². The average molecular weight is 318 g/mol. The van der Waals surface area contributed by atoms with Gasteiger partial charge in [-0.3, -0.25) is 4.72 Å². The van der Waals surface area contributed by atoms with Gasteiger partial charge in [0.25, 0.3) is 10.0 Å². The van der Waals surface area contributed by atoms with Crippen LogP contribution in [0.1, 0.15) is 17.5 Å². The summed E-state index contributed by atoms with van der Waals surface area (Å²) in [5, 5.41) is 0.613. The van der Waals surface area contributed by atoms with E-state index in [0.29, 0.717) is 5.13 Å². The molecule has 2 aromatic heterocycles. The predicted octanol–water partition coefficient (Wildman–Crippen LogP) is 2.86. The molecule has 0 aromatic carbocycles. The lowest BCUT2D eigenvalue weighted by Gasteiger charge is -2.04. The van der Waals surface area contributed by atoms with Gasteiger partial charge in [-0.05, 0) is 25.5 Å². The second kappa shape index (κ2) is 5.44. The van der Waals surface area contributed by atoms with E-state index in [9.17, 15) is 8.42 Å². The monoisotopic (exact) mass is 317 g/mol. The number of aromatic nitrogens is 2. The molecule has 0 saturated carbocycles. The van der Waals surface area contributed by atoms with E-state index in [1.807, 2.05) is 13.8 Å². The minimum absolute atomic E-state index is 0.0581. The molecule has 0 bridgehead atoms. The highest BCUT2D eigenvalue weighted by atomic mass is 35.5. The van der Waals surface area contributed by atoms with Crippen LogP contribution in [0.4, 0.5) is 5.13 Å². The van der Waals surface area contributed by atoms with Crippen LogP contribution in [-0.4, -0.2) is 18.4 Å². The quantitative estimate of drug-likeness (QED) is 0.880. The Morgan fingerprint density at radius 1 is 1.42 bits per heavy atom.